The van der Waals surface area contributed by atoms with Crippen molar-refractivity contribution in [2.75, 3.05) is 6.54 Å². The van der Waals surface area contributed by atoms with Crippen LogP contribution in [0.1, 0.15) is 12.0 Å². The summed E-state index contributed by atoms with van der Waals surface area (Å²) < 4.78 is 0. The summed E-state index contributed by atoms with van der Waals surface area (Å²) in [5.74, 6) is 0.351. The van der Waals surface area contributed by atoms with Crippen LogP contribution >= 0.6 is 0 Å². The molecule has 0 aromatic heterocycles. The summed E-state index contributed by atoms with van der Waals surface area (Å²) in [5.41, 5.74) is 1.23. The van der Waals surface area contributed by atoms with Crippen LogP contribution in [0.2, 0.25) is 0 Å². The van der Waals surface area contributed by atoms with Gasteiger partial charge in [0.05, 0.1) is 6.04 Å². The average molecular weight is 175 g/mol. The Morgan fingerprint density at radius 2 is 2.08 bits per heavy atom. The first-order chi connectivity index (χ1) is 6.36. The molecule has 0 saturated carbocycles. The van der Waals surface area contributed by atoms with Gasteiger partial charge in [0.2, 0.25) is 0 Å². The minimum atomic E-state index is 0.0578. The molecular weight excluding hydrogens is 162 g/mol. The summed E-state index contributed by atoms with van der Waals surface area (Å²) in [7, 11) is 0. The van der Waals surface area contributed by atoms with E-state index in [1.54, 1.807) is 0 Å². The quantitative estimate of drug-likeness (QED) is 0.730. The Balaban J connectivity index is 2.02. The molecule has 1 N–H and O–H groups in total. The second-order valence-corrected chi connectivity index (χ2v) is 3.41. The van der Waals surface area contributed by atoms with E-state index in [-0.39, 0.29) is 6.04 Å². The molecule has 1 aromatic rings. The number of benzene rings is 1. The Kier molecular flexibility index (Phi) is 2.41. The van der Waals surface area contributed by atoms with E-state index in [9.17, 15) is 4.79 Å². The molecule has 0 radical (unpaired) electrons. The third-order valence-corrected chi connectivity index (χ3v) is 2.43. The normalized spacial score (nSPS) is 22.2. The first-order valence-electron chi connectivity index (χ1n) is 4.66. The van der Waals surface area contributed by atoms with Crippen molar-refractivity contribution in [2.24, 2.45) is 0 Å². The molecule has 1 aromatic carbocycles. The molecule has 1 aliphatic rings. The molecule has 0 unspecified atom stereocenters. The largest absolute Gasteiger partial charge is 0.307 e. The summed E-state index contributed by atoms with van der Waals surface area (Å²) in [6.07, 6.45) is 1.52. The maximum Gasteiger partial charge on any atom is 0.151 e. The molecular formula is C11H13NO. The molecule has 1 fully saturated rings. The van der Waals surface area contributed by atoms with Gasteiger partial charge in [-0.05, 0) is 12.0 Å². The lowest BCUT2D eigenvalue weighted by atomic mass is 10.0. The number of nitrogens with one attached hydrogen (secondary N) is 1. The number of hydrogen-bond acceptors (Lipinski definition) is 2. The molecule has 0 aliphatic carbocycles. The minimum Gasteiger partial charge on any atom is -0.307 e. The molecule has 0 spiro atoms. The van der Waals surface area contributed by atoms with Gasteiger partial charge in [-0.1, -0.05) is 30.3 Å². The maximum absolute atomic E-state index is 11.3. The summed E-state index contributed by atoms with van der Waals surface area (Å²) in [5, 5.41) is 3.21. The van der Waals surface area contributed by atoms with Gasteiger partial charge in [0, 0.05) is 13.0 Å². The molecule has 1 saturated heterocycles. The van der Waals surface area contributed by atoms with Gasteiger partial charge < -0.3 is 5.32 Å². The highest BCUT2D eigenvalue weighted by molar-refractivity contribution is 5.86. The summed E-state index contributed by atoms with van der Waals surface area (Å²) in [6, 6.07) is 10.2. The van der Waals surface area contributed by atoms with Gasteiger partial charge >= 0.3 is 0 Å². The smallest absolute Gasteiger partial charge is 0.151 e. The van der Waals surface area contributed by atoms with Crippen molar-refractivity contribution >= 4 is 5.78 Å². The topological polar surface area (TPSA) is 29.1 Å². The van der Waals surface area contributed by atoms with E-state index in [1.807, 2.05) is 18.2 Å². The Bertz CT molecular complexity index is 294. The SMILES string of the molecule is O=C1CCN[C@H]1Cc1ccccc1. The lowest BCUT2D eigenvalue weighted by molar-refractivity contribution is -0.118. The predicted molar refractivity (Wildman–Crippen MR) is 51.6 cm³/mol. The molecule has 1 aliphatic heterocycles. The zero-order valence-electron chi connectivity index (χ0n) is 7.49. The first kappa shape index (κ1) is 8.45. The third kappa shape index (κ3) is 1.95. The fraction of sp³-hybridized carbons (Fsp3) is 0.364. The number of Topliss-reactive ketones (excluding diaryl/α,β-unsaturated/α-hetero) is 1. The van der Waals surface area contributed by atoms with E-state index < -0.39 is 0 Å². The number of ketones is 1. The van der Waals surface area contributed by atoms with Crippen LogP contribution in [0.4, 0.5) is 0 Å². The first-order valence-corrected chi connectivity index (χ1v) is 4.66. The molecule has 1 atom stereocenters. The Hall–Kier alpha value is -1.15. The summed E-state index contributed by atoms with van der Waals surface area (Å²) in [4.78, 5) is 11.3. The van der Waals surface area contributed by atoms with Crippen LogP contribution in [0.5, 0.6) is 0 Å². The van der Waals surface area contributed by atoms with Crippen molar-refractivity contribution < 1.29 is 4.79 Å². The molecule has 68 valence electrons. The van der Waals surface area contributed by atoms with Crippen LogP contribution < -0.4 is 5.32 Å². The van der Waals surface area contributed by atoms with E-state index in [0.29, 0.717) is 12.2 Å². The van der Waals surface area contributed by atoms with E-state index in [4.69, 9.17) is 0 Å². The third-order valence-electron chi connectivity index (χ3n) is 2.43. The zero-order chi connectivity index (χ0) is 9.10. The highest BCUT2D eigenvalue weighted by Crippen LogP contribution is 2.08. The minimum absolute atomic E-state index is 0.0578. The van der Waals surface area contributed by atoms with Gasteiger partial charge in [-0.15, -0.1) is 0 Å². The molecule has 13 heavy (non-hydrogen) atoms. The highest BCUT2D eigenvalue weighted by Gasteiger charge is 2.23. The monoisotopic (exact) mass is 175 g/mol. The van der Waals surface area contributed by atoms with Crippen LogP contribution in [-0.2, 0) is 11.2 Å². The molecule has 0 bridgehead atoms. The molecule has 1 heterocycles. The lowest BCUT2D eigenvalue weighted by Crippen LogP contribution is -2.29. The average Bonchev–Trinajstić information content (AvgIpc) is 2.54. The van der Waals surface area contributed by atoms with Gasteiger partial charge in [0.25, 0.3) is 0 Å². The fourth-order valence-corrected chi connectivity index (χ4v) is 1.69. The fourth-order valence-electron chi connectivity index (χ4n) is 1.69. The molecule has 0 amide bonds. The van der Waals surface area contributed by atoms with Crippen LogP contribution in [0.3, 0.4) is 0 Å². The zero-order valence-corrected chi connectivity index (χ0v) is 7.49. The maximum atomic E-state index is 11.3. The van der Waals surface area contributed by atoms with Crippen molar-refractivity contribution in [3.05, 3.63) is 35.9 Å². The second-order valence-electron chi connectivity index (χ2n) is 3.41. The van der Waals surface area contributed by atoms with Crippen LogP contribution in [-0.4, -0.2) is 18.4 Å². The van der Waals surface area contributed by atoms with Gasteiger partial charge in [-0.3, -0.25) is 4.79 Å². The van der Waals surface area contributed by atoms with E-state index >= 15 is 0 Å². The Morgan fingerprint density at radius 1 is 1.31 bits per heavy atom. The van der Waals surface area contributed by atoms with Gasteiger partial charge in [0.1, 0.15) is 0 Å². The van der Waals surface area contributed by atoms with Crippen LogP contribution in [0.25, 0.3) is 0 Å². The van der Waals surface area contributed by atoms with Gasteiger partial charge in [-0.2, -0.15) is 0 Å². The summed E-state index contributed by atoms with van der Waals surface area (Å²) in [6.45, 7) is 0.844. The molecule has 2 heteroatoms. The highest BCUT2D eigenvalue weighted by atomic mass is 16.1. The van der Waals surface area contributed by atoms with Crippen molar-refractivity contribution in [1.82, 2.24) is 5.32 Å². The number of hydrogen-bond donors (Lipinski definition) is 1. The van der Waals surface area contributed by atoms with Crippen molar-refractivity contribution in [3.8, 4) is 0 Å². The van der Waals surface area contributed by atoms with Crippen LogP contribution in [0.15, 0.2) is 30.3 Å². The van der Waals surface area contributed by atoms with E-state index in [2.05, 4.69) is 17.4 Å². The second kappa shape index (κ2) is 3.71. The Morgan fingerprint density at radius 3 is 2.69 bits per heavy atom. The van der Waals surface area contributed by atoms with Crippen molar-refractivity contribution in [1.29, 1.82) is 0 Å². The van der Waals surface area contributed by atoms with Gasteiger partial charge in [-0.25, -0.2) is 0 Å². The predicted octanol–water partition coefficient (Wildman–Crippen LogP) is 1.16. The standard InChI is InChI=1S/C11H13NO/c13-11-6-7-12-10(11)8-9-4-2-1-3-5-9/h1-5,10,12H,6-8H2/t10-/m0/s1. The van der Waals surface area contributed by atoms with Crippen molar-refractivity contribution in [3.63, 3.8) is 0 Å². The van der Waals surface area contributed by atoms with Crippen molar-refractivity contribution in [2.45, 2.75) is 18.9 Å². The lowest BCUT2D eigenvalue weighted by Gasteiger charge is -2.07. The molecule has 2 nitrogen and oxygen atoms in total. The number of carbonyl (C=O) groups excluding carboxylic acids is 1. The Labute approximate surface area is 78.0 Å². The number of carbonyl (C=O) groups is 1. The molecule has 2 rings (SSSR count). The number of rotatable bonds is 2. The summed E-state index contributed by atoms with van der Waals surface area (Å²) >= 11 is 0. The van der Waals surface area contributed by atoms with Crippen LogP contribution in [0, 0.1) is 0 Å². The van der Waals surface area contributed by atoms with E-state index in [0.717, 1.165) is 13.0 Å². The van der Waals surface area contributed by atoms with E-state index in [1.165, 1.54) is 5.56 Å². The van der Waals surface area contributed by atoms with Gasteiger partial charge in [0.15, 0.2) is 5.78 Å².